The van der Waals surface area contributed by atoms with Crippen molar-refractivity contribution < 1.29 is 23.4 Å². The van der Waals surface area contributed by atoms with Crippen molar-refractivity contribution >= 4 is 5.91 Å². The number of carbonyl (C=O) groups excluding carboxylic acids is 1. The molecule has 0 aromatic heterocycles. The molecule has 134 valence electrons. The summed E-state index contributed by atoms with van der Waals surface area (Å²) in [4.78, 5) is 11.9. The smallest absolute Gasteiger partial charge is 0.220 e. The van der Waals surface area contributed by atoms with E-state index >= 15 is 0 Å². The molecule has 0 radical (unpaired) electrons. The second kappa shape index (κ2) is 9.13. The molecule has 0 spiro atoms. The van der Waals surface area contributed by atoms with Crippen LogP contribution >= 0.6 is 0 Å². The number of carbonyl (C=O) groups is 1. The largest absolute Gasteiger partial charge is 0.491 e. The van der Waals surface area contributed by atoms with Crippen LogP contribution in [0.15, 0.2) is 48.5 Å². The molecule has 4 nitrogen and oxygen atoms in total. The van der Waals surface area contributed by atoms with Crippen LogP contribution < -0.4 is 10.1 Å². The maximum Gasteiger partial charge on any atom is 0.220 e. The summed E-state index contributed by atoms with van der Waals surface area (Å²) in [5.41, 5.74) is 0.746. The van der Waals surface area contributed by atoms with Gasteiger partial charge < -0.3 is 15.2 Å². The Morgan fingerprint density at radius 2 is 1.88 bits per heavy atom. The molecule has 2 unspecified atom stereocenters. The number of nitrogens with one attached hydrogen (secondary N) is 1. The molecule has 0 aliphatic heterocycles. The van der Waals surface area contributed by atoms with Crippen LogP contribution in [0.25, 0.3) is 0 Å². The summed E-state index contributed by atoms with van der Waals surface area (Å²) >= 11 is 0. The van der Waals surface area contributed by atoms with Gasteiger partial charge in [0, 0.05) is 13.0 Å². The minimum absolute atomic E-state index is 0.0225. The number of halogens is 2. The zero-order valence-corrected chi connectivity index (χ0v) is 13.9. The molecule has 6 heteroatoms. The lowest BCUT2D eigenvalue weighted by Gasteiger charge is -2.15. The van der Waals surface area contributed by atoms with Crippen LogP contribution in [0.4, 0.5) is 8.78 Å². The lowest BCUT2D eigenvalue weighted by atomic mass is 9.97. The highest BCUT2D eigenvalue weighted by Crippen LogP contribution is 2.19. The van der Waals surface area contributed by atoms with E-state index in [1.807, 2.05) is 6.92 Å². The molecule has 2 aromatic carbocycles. The van der Waals surface area contributed by atoms with Crippen LogP contribution in [0.2, 0.25) is 0 Å². The minimum Gasteiger partial charge on any atom is -0.491 e. The third-order valence-corrected chi connectivity index (χ3v) is 3.70. The first-order valence-corrected chi connectivity index (χ1v) is 8.02. The predicted octanol–water partition coefficient (Wildman–Crippen LogP) is 3.01. The Morgan fingerprint density at radius 3 is 2.56 bits per heavy atom. The fourth-order valence-electron chi connectivity index (χ4n) is 2.30. The lowest BCUT2D eigenvalue weighted by Crippen LogP contribution is -2.35. The molecule has 2 atom stereocenters. The third kappa shape index (κ3) is 6.51. The van der Waals surface area contributed by atoms with Gasteiger partial charge >= 0.3 is 0 Å². The van der Waals surface area contributed by atoms with Gasteiger partial charge in [-0.1, -0.05) is 19.1 Å². The van der Waals surface area contributed by atoms with Crippen LogP contribution in [-0.2, 0) is 4.79 Å². The maximum absolute atomic E-state index is 13.2. The van der Waals surface area contributed by atoms with E-state index in [9.17, 15) is 18.7 Å². The van der Waals surface area contributed by atoms with E-state index in [0.29, 0.717) is 5.75 Å². The van der Waals surface area contributed by atoms with E-state index in [4.69, 9.17) is 4.74 Å². The third-order valence-electron chi connectivity index (χ3n) is 3.70. The molecule has 0 aliphatic rings. The molecule has 2 aromatic rings. The first kappa shape index (κ1) is 18.9. The van der Waals surface area contributed by atoms with Crippen molar-refractivity contribution in [3.8, 4) is 5.75 Å². The van der Waals surface area contributed by atoms with Crippen LogP contribution in [0.5, 0.6) is 5.75 Å². The van der Waals surface area contributed by atoms with Crippen molar-refractivity contribution in [1.82, 2.24) is 5.32 Å². The Bertz CT molecular complexity index is 691. The lowest BCUT2D eigenvalue weighted by molar-refractivity contribution is -0.121. The highest BCUT2D eigenvalue weighted by molar-refractivity contribution is 5.76. The second-order valence-electron chi connectivity index (χ2n) is 5.88. The number of hydrogen-bond donors (Lipinski definition) is 2. The monoisotopic (exact) mass is 349 g/mol. The Balaban J connectivity index is 1.70. The molecular weight excluding hydrogens is 328 g/mol. The average Bonchev–Trinajstić information content (AvgIpc) is 2.59. The van der Waals surface area contributed by atoms with E-state index in [0.717, 1.165) is 5.56 Å². The number of aliphatic hydroxyl groups excluding tert-OH is 1. The molecular formula is C19H21F2NO3. The average molecular weight is 349 g/mol. The highest BCUT2D eigenvalue weighted by Gasteiger charge is 2.13. The SMILES string of the molecule is CC(CC(=O)NCC(O)COc1ccc(F)cc1)c1cccc(F)c1. The van der Waals surface area contributed by atoms with Crippen molar-refractivity contribution in [2.45, 2.75) is 25.4 Å². The Labute approximate surface area is 145 Å². The van der Waals surface area contributed by atoms with Gasteiger partial charge in [0.15, 0.2) is 0 Å². The van der Waals surface area contributed by atoms with Gasteiger partial charge in [-0.25, -0.2) is 8.78 Å². The van der Waals surface area contributed by atoms with E-state index < -0.39 is 6.10 Å². The first-order chi connectivity index (χ1) is 11.9. The van der Waals surface area contributed by atoms with Gasteiger partial charge in [0.2, 0.25) is 5.91 Å². The normalized spacial score (nSPS) is 13.1. The summed E-state index contributed by atoms with van der Waals surface area (Å²) < 4.78 is 31.3. The van der Waals surface area contributed by atoms with Crippen molar-refractivity contribution in [2.75, 3.05) is 13.2 Å². The summed E-state index contributed by atoms with van der Waals surface area (Å²) in [6.07, 6.45) is -0.701. The standard InChI is InChI=1S/C19H21F2NO3/c1-13(14-3-2-4-16(21)10-14)9-19(24)22-11-17(23)12-25-18-7-5-15(20)6-8-18/h2-8,10,13,17,23H,9,11-12H2,1H3,(H,22,24). The molecule has 2 N–H and O–H groups in total. The van der Waals surface area contributed by atoms with E-state index in [-0.39, 0.29) is 43.0 Å². The van der Waals surface area contributed by atoms with E-state index in [2.05, 4.69) is 5.32 Å². The molecule has 0 heterocycles. The molecule has 2 rings (SSSR count). The summed E-state index contributed by atoms with van der Waals surface area (Å²) in [5.74, 6) is -0.641. The Morgan fingerprint density at radius 1 is 1.16 bits per heavy atom. The van der Waals surface area contributed by atoms with Crippen molar-refractivity contribution in [3.63, 3.8) is 0 Å². The highest BCUT2D eigenvalue weighted by atomic mass is 19.1. The topological polar surface area (TPSA) is 58.6 Å². The van der Waals surface area contributed by atoms with Crippen LogP contribution in [0, 0.1) is 11.6 Å². The van der Waals surface area contributed by atoms with Gasteiger partial charge in [-0.2, -0.15) is 0 Å². The second-order valence-corrected chi connectivity index (χ2v) is 5.88. The summed E-state index contributed by atoms with van der Waals surface area (Å²) in [6, 6.07) is 11.6. The van der Waals surface area contributed by atoms with Gasteiger partial charge in [-0.15, -0.1) is 0 Å². The minimum atomic E-state index is -0.890. The Hall–Kier alpha value is -2.47. The van der Waals surface area contributed by atoms with Crippen molar-refractivity contribution in [1.29, 1.82) is 0 Å². The molecule has 0 saturated heterocycles. The number of hydrogen-bond acceptors (Lipinski definition) is 3. The van der Waals surface area contributed by atoms with Crippen LogP contribution in [0.3, 0.4) is 0 Å². The van der Waals surface area contributed by atoms with Gasteiger partial charge in [0.1, 0.15) is 30.1 Å². The summed E-state index contributed by atoms with van der Waals surface area (Å²) in [5, 5.41) is 12.5. The summed E-state index contributed by atoms with van der Waals surface area (Å²) in [7, 11) is 0. The van der Waals surface area contributed by atoms with E-state index in [1.165, 1.54) is 36.4 Å². The first-order valence-electron chi connectivity index (χ1n) is 8.02. The number of aliphatic hydroxyl groups is 1. The van der Waals surface area contributed by atoms with Crippen LogP contribution in [-0.4, -0.2) is 30.3 Å². The summed E-state index contributed by atoms with van der Waals surface area (Å²) in [6.45, 7) is 1.85. The number of rotatable bonds is 8. The van der Waals surface area contributed by atoms with Crippen LogP contribution in [0.1, 0.15) is 24.8 Å². The number of amides is 1. The zero-order chi connectivity index (χ0) is 18.2. The fraction of sp³-hybridized carbons (Fsp3) is 0.316. The zero-order valence-electron chi connectivity index (χ0n) is 13.9. The molecule has 0 fully saturated rings. The quantitative estimate of drug-likeness (QED) is 0.770. The molecule has 25 heavy (non-hydrogen) atoms. The molecule has 0 aliphatic carbocycles. The van der Waals surface area contributed by atoms with Gasteiger partial charge in [-0.3, -0.25) is 4.79 Å². The fourth-order valence-corrected chi connectivity index (χ4v) is 2.30. The molecule has 0 bridgehead atoms. The van der Waals surface area contributed by atoms with Gasteiger partial charge in [0.25, 0.3) is 0 Å². The number of ether oxygens (including phenoxy) is 1. The van der Waals surface area contributed by atoms with Gasteiger partial charge in [-0.05, 0) is 47.9 Å². The van der Waals surface area contributed by atoms with Crippen molar-refractivity contribution in [3.05, 3.63) is 65.7 Å². The van der Waals surface area contributed by atoms with Crippen molar-refractivity contribution in [2.24, 2.45) is 0 Å². The number of benzene rings is 2. The van der Waals surface area contributed by atoms with Gasteiger partial charge in [0.05, 0.1) is 0 Å². The van der Waals surface area contributed by atoms with E-state index in [1.54, 1.807) is 12.1 Å². The molecule has 1 amide bonds. The predicted molar refractivity (Wildman–Crippen MR) is 90.3 cm³/mol. The Kier molecular flexibility index (Phi) is 6.89. The maximum atomic E-state index is 13.2. The molecule has 0 saturated carbocycles.